The van der Waals surface area contributed by atoms with Gasteiger partial charge in [0.2, 0.25) is 0 Å². The van der Waals surface area contributed by atoms with Crippen molar-refractivity contribution in [2.45, 2.75) is 39.7 Å². The lowest BCUT2D eigenvalue weighted by atomic mass is 10.2. The summed E-state index contributed by atoms with van der Waals surface area (Å²) < 4.78 is 7.35. The largest absolute Gasteiger partial charge is 0.368 e. The van der Waals surface area contributed by atoms with Crippen molar-refractivity contribution in [3.63, 3.8) is 0 Å². The van der Waals surface area contributed by atoms with E-state index in [1.165, 1.54) is 0 Å². The number of nitrogens with zero attached hydrogens (tertiary/aromatic N) is 1. The molecule has 2 aromatic rings. The molecule has 6 nitrogen and oxygen atoms in total. The molecular formula is C19H23N3O3. The zero-order chi connectivity index (χ0) is 18.0. The minimum absolute atomic E-state index is 0.307. The fourth-order valence-electron chi connectivity index (χ4n) is 3.23. The SMILES string of the molecule is Cc1ccccc1-n1c(C)cc(C(=O)NNC(=O)C2CCCO2)c1C. The van der Waals surface area contributed by atoms with Crippen LogP contribution in [0.4, 0.5) is 0 Å². The Labute approximate surface area is 147 Å². The molecule has 1 fully saturated rings. The molecule has 0 aliphatic carbocycles. The summed E-state index contributed by atoms with van der Waals surface area (Å²) in [5.41, 5.74) is 9.44. The van der Waals surface area contributed by atoms with Crippen LogP contribution in [0.1, 0.15) is 40.2 Å². The highest BCUT2D eigenvalue weighted by molar-refractivity contribution is 5.97. The summed E-state index contributed by atoms with van der Waals surface area (Å²) in [6, 6.07) is 9.85. The van der Waals surface area contributed by atoms with E-state index in [1.54, 1.807) is 0 Å². The topological polar surface area (TPSA) is 72.4 Å². The molecule has 0 spiro atoms. The molecule has 1 saturated heterocycles. The number of amides is 2. The van der Waals surface area contributed by atoms with Crippen molar-refractivity contribution < 1.29 is 14.3 Å². The number of para-hydroxylation sites is 1. The first-order valence-corrected chi connectivity index (χ1v) is 8.46. The Morgan fingerprint density at radius 3 is 2.60 bits per heavy atom. The molecule has 25 heavy (non-hydrogen) atoms. The van der Waals surface area contributed by atoms with Crippen LogP contribution in [0.25, 0.3) is 5.69 Å². The molecule has 1 aromatic carbocycles. The molecule has 1 atom stereocenters. The van der Waals surface area contributed by atoms with E-state index < -0.39 is 6.10 Å². The maximum atomic E-state index is 12.5. The molecule has 0 radical (unpaired) electrons. The molecule has 1 aliphatic heterocycles. The second-order valence-corrected chi connectivity index (χ2v) is 6.35. The Balaban J connectivity index is 1.77. The van der Waals surface area contributed by atoms with Gasteiger partial charge in [0.15, 0.2) is 0 Å². The van der Waals surface area contributed by atoms with Crippen LogP contribution in [-0.4, -0.2) is 29.1 Å². The number of rotatable bonds is 3. The van der Waals surface area contributed by atoms with Crippen molar-refractivity contribution in [2.24, 2.45) is 0 Å². The van der Waals surface area contributed by atoms with Gasteiger partial charge in [0.25, 0.3) is 11.8 Å². The number of ether oxygens (including phenoxy) is 1. The second-order valence-electron chi connectivity index (χ2n) is 6.35. The fourth-order valence-corrected chi connectivity index (χ4v) is 3.23. The fraction of sp³-hybridized carbons (Fsp3) is 0.368. The van der Waals surface area contributed by atoms with Gasteiger partial charge >= 0.3 is 0 Å². The van der Waals surface area contributed by atoms with Crippen molar-refractivity contribution in [3.05, 3.63) is 52.8 Å². The summed E-state index contributed by atoms with van der Waals surface area (Å²) in [4.78, 5) is 24.4. The third-order valence-electron chi connectivity index (χ3n) is 4.55. The van der Waals surface area contributed by atoms with E-state index in [0.717, 1.165) is 29.1 Å². The van der Waals surface area contributed by atoms with Crippen molar-refractivity contribution in [1.29, 1.82) is 0 Å². The van der Waals surface area contributed by atoms with E-state index in [-0.39, 0.29) is 11.8 Å². The van der Waals surface area contributed by atoms with E-state index in [4.69, 9.17) is 4.74 Å². The molecule has 1 aliphatic rings. The van der Waals surface area contributed by atoms with Crippen molar-refractivity contribution >= 4 is 11.8 Å². The lowest BCUT2D eigenvalue weighted by molar-refractivity contribution is -0.130. The standard InChI is InChI=1S/C19H23N3O3/c1-12-7-4-5-8-16(12)22-13(2)11-15(14(22)3)18(23)20-21-19(24)17-9-6-10-25-17/h4-5,7-8,11,17H,6,9-10H2,1-3H3,(H,20,23)(H,21,24). The van der Waals surface area contributed by atoms with Gasteiger partial charge in [-0.1, -0.05) is 18.2 Å². The number of nitrogens with one attached hydrogen (secondary N) is 2. The van der Waals surface area contributed by atoms with Gasteiger partial charge < -0.3 is 9.30 Å². The van der Waals surface area contributed by atoms with E-state index >= 15 is 0 Å². The first-order chi connectivity index (χ1) is 12.0. The van der Waals surface area contributed by atoms with Crippen LogP contribution < -0.4 is 10.9 Å². The zero-order valence-corrected chi connectivity index (χ0v) is 14.8. The molecule has 2 amide bonds. The number of hydrogen-bond acceptors (Lipinski definition) is 3. The molecular weight excluding hydrogens is 318 g/mol. The maximum Gasteiger partial charge on any atom is 0.271 e. The monoisotopic (exact) mass is 341 g/mol. The zero-order valence-electron chi connectivity index (χ0n) is 14.8. The van der Waals surface area contributed by atoms with E-state index in [9.17, 15) is 9.59 Å². The third kappa shape index (κ3) is 3.44. The highest BCUT2D eigenvalue weighted by Gasteiger charge is 2.24. The van der Waals surface area contributed by atoms with Gasteiger partial charge in [0.1, 0.15) is 6.10 Å². The Kier molecular flexibility index (Phi) is 4.90. The minimum Gasteiger partial charge on any atom is -0.368 e. The number of carbonyl (C=O) groups is 2. The van der Waals surface area contributed by atoms with Crippen LogP contribution in [-0.2, 0) is 9.53 Å². The number of carbonyl (C=O) groups excluding carboxylic acids is 2. The summed E-state index contributed by atoms with van der Waals surface area (Å²) in [6.45, 7) is 6.48. The van der Waals surface area contributed by atoms with Crippen LogP contribution in [0, 0.1) is 20.8 Å². The van der Waals surface area contributed by atoms with Crippen LogP contribution in [0.5, 0.6) is 0 Å². The number of hydrazine groups is 1. The van der Waals surface area contributed by atoms with E-state index in [2.05, 4.69) is 10.9 Å². The summed E-state index contributed by atoms with van der Waals surface area (Å²) in [5.74, 6) is -0.641. The number of aryl methyl sites for hydroxylation is 2. The molecule has 2 N–H and O–H groups in total. The average molecular weight is 341 g/mol. The minimum atomic E-state index is -0.473. The molecule has 3 rings (SSSR count). The van der Waals surface area contributed by atoms with Crippen LogP contribution in [0.3, 0.4) is 0 Å². The predicted molar refractivity (Wildman–Crippen MR) is 94.6 cm³/mol. The van der Waals surface area contributed by atoms with E-state index in [0.29, 0.717) is 18.6 Å². The van der Waals surface area contributed by atoms with Gasteiger partial charge in [-0.2, -0.15) is 0 Å². The van der Waals surface area contributed by atoms with E-state index in [1.807, 2.05) is 55.7 Å². The first kappa shape index (κ1) is 17.2. The summed E-state index contributed by atoms with van der Waals surface area (Å²) >= 11 is 0. The predicted octanol–water partition coefficient (Wildman–Crippen LogP) is 2.34. The van der Waals surface area contributed by atoms with Gasteiger partial charge in [0.05, 0.1) is 5.56 Å². The Hall–Kier alpha value is -2.60. The number of hydrogen-bond donors (Lipinski definition) is 2. The van der Waals surface area contributed by atoms with Crippen molar-refractivity contribution in [1.82, 2.24) is 15.4 Å². The third-order valence-corrected chi connectivity index (χ3v) is 4.55. The summed E-state index contributed by atoms with van der Waals surface area (Å²) in [7, 11) is 0. The Morgan fingerprint density at radius 2 is 1.92 bits per heavy atom. The van der Waals surface area contributed by atoms with Crippen LogP contribution in [0.15, 0.2) is 30.3 Å². The van der Waals surface area contributed by atoms with Crippen LogP contribution >= 0.6 is 0 Å². The average Bonchev–Trinajstić information content (AvgIpc) is 3.22. The maximum absolute atomic E-state index is 12.5. The number of aromatic nitrogens is 1. The lowest BCUT2D eigenvalue weighted by Crippen LogP contribution is -2.46. The van der Waals surface area contributed by atoms with Crippen molar-refractivity contribution in [3.8, 4) is 5.69 Å². The molecule has 132 valence electrons. The molecule has 2 heterocycles. The molecule has 0 saturated carbocycles. The second kappa shape index (κ2) is 7.11. The first-order valence-electron chi connectivity index (χ1n) is 8.46. The Morgan fingerprint density at radius 1 is 1.16 bits per heavy atom. The van der Waals surface area contributed by atoms with Gasteiger partial charge in [-0.15, -0.1) is 0 Å². The van der Waals surface area contributed by atoms with Gasteiger partial charge in [-0.25, -0.2) is 0 Å². The van der Waals surface area contributed by atoms with Gasteiger partial charge in [-0.05, 0) is 51.3 Å². The quantitative estimate of drug-likeness (QED) is 0.842. The smallest absolute Gasteiger partial charge is 0.271 e. The normalized spacial score (nSPS) is 16.7. The molecule has 6 heteroatoms. The summed E-state index contributed by atoms with van der Waals surface area (Å²) in [5, 5.41) is 0. The molecule has 1 unspecified atom stereocenters. The molecule has 1 aromatic heterocycles. The lowest BCUT2D eigenvalue weighted by Gasteiger charge is -2.13. The highest BCUT2D eigenvalue weighted by atomic mass is 16.5. The summed E-state index contributed by atoms with van der Waals surface area (Å²) in [6.07, 6.45) is 1.08. The number of benzene rings is 1. The van der Waals surface area contributed by atoms with Crippen molar-refractivity contribution in [2.75, 3.05) is 6.61 Å². The highest BCUT2D eigenvalue weighted by Crippen LogP contribution is 2.23. The van der Waals surface area contributed by atoms with Crippen LogP contribution in [0.2, 0.25) is 0 Å². The van der Waals surface area contributed by atoms with Gasteiger partial charge in [-0.3, -0.25) is 20.4 Å². The Bertz CT molecular complexity index is 804. The molecule has 0 bridgehead atoms. The van der Waals surface area contributed by atoms with Gasteiger partial charge in [0, 0.05) is 23.7 Å².